The highest BCUT2D eigenvalue weighted by atomic mass is 16.4. The summed E-state index contributed by atoms with van der Waals surface area (Å²) >= 11 is 0. The Labute approximate surface area is 82.9 Å². The molecule has 1 aliphatic heterocycles. The Morgan fingerprint density at radius 2 is 2.21 bits per heavy atom. The number of nitrogens with zero attached hydrogens (tertiary/aromatic N) is 2. The van der Waals surface area contributed by atoms with E-state index in [1.165, 1.54) is 0 Å². The quantitative estimate of drug-likeness (QED) is 0.708. The second kappa shape index (κ2) is 3.92. The van der Waals surface area contributed by atoms with E-state index in [1.54, 1.807) is 6.20 Å². The first-order valence-corrected chi connectivity index (χ1v) is 4.89. The van der Waals surface area contributed by atoms with Crippen LogP contribution in [0.3, 0.4) is 0 Å². The van der Waals surface area contributed by atoms with E-state index in [-0.39, 0.29) is 0 Å². The molecule has 0 aliphatic carbocycles. The minimum atomic E-state index is 0.370. The summed E-state index contributed by atoms with van der Waals surface area (Å²) in [6.45, 7) is 4.30. The van der Waals surface area contributed by atoms with Crippen molar-refractivity contribution in [1.82, 2.24) is 9.88 Å². The molecule has 0 unspecified atom stereocenters. The fraction of sp³-hybridized carbons (Fsp3) is 0.600. The lowest BCUT2D eigenvalue weighted by Crippen LogP contribution is -2.33. The molecular formula is C10H14N2O2. The summed E-state index contributed by atoms with van der Waals surface area (Å²) in [7, 11) is 0. The Bertz CT molecular complexity index is 323. The summed E-state index contributed by atoms with van der Waals surface area (Å²) in [6.07, 6.45) is 3.10. The van der Waals surface area contributed by atoms with Crippen molar-refractivity contribution in [2.75, 3.05) is 13.1 Å². The van der Waals surface area contributed by atoms with Gasteiger partial charge in [-0.2, -0.15) is 0 Å². The number of Topliss-reactive ketones (excluding diaryl/α,β-unsaturated/α-hetero) is 1. The lowest BCUT2D eigenvalue weighted by atomic mass is 10.1. The standard InChI is InChI=1S/C10H14N2O2/c1-8-11-6-10(14-8)7-12-4-2-9(13)3-5-12/h6H,2-5,7H2,1H3. The van der Waals surface area contributed by atoms with E-state index >= 15 is 0 Å². The predicted molar refractivity (Wildman–Crippen MR) is 50.8 cm³/mol. The second-order valence-electron chi connectivity index (χ2n) is 3.66. The second-order valence-corrected chi connectivity index (χ2v) is 3.66. The topological polar surface area (TPSA) is 46.3 Å². The Hall–Kier alpha value is -1.16. The lowest BCUT2D eigenvalue weighted by Gasteiger charge is -2.24. The fourth-order valence-electron chi connectivity index (χ4n) is 1.66. The van der Waals surface area contributed by atoms with Gasteiger partial charge in [0.2, 0.25) is 0 Å². The third-order valence-corrected chi connectivity index (χ3v) is 2.46. The fourth-order valence-corrected chi connectivity index (χ4v) is 1.66. The highest BCUT2D eigenvalue weighted by molar-refractivity contribution is 5.79. The van der Waals surface area contributed by atoms with Crippen molar-refractivity contribution >= 4 is 5.78 Å². The van der Waals surface area contributed by atoms with Gasteiger partial charge in [-0.1, -0.05) is 0 Å². The largest absolute Gasteiger partial charge is 0.445 e. The Kier molecular flexibility index (Phi) is 2.63. The van der Waals surface area contributed by atoms with Gasteiger partial charge in [0.05, 0.1) is 12.7 Å². The number of hydrogen-bond donors (Lipinski definition) is 0. The van der Waals surface area contributed by atoms with Crippen LogP contribution < -0.4 is 0 Å². The van der Waals surface area contributed by atoms with Crippen LogP contribution in [-0.4, -0.2) is 28.8 Å². The van der Waals surface area contributed by atoms with Gasteiger partial charge >= 0.3 is 0 Å². The average Bonchev–Trinajstić information content (AvgIpc) is 2.56. The van der Waals surface area contributed by atoms with Crippen molar-refractivity contribution in [3.63, 3.8) is 0 Å². The zero-order valence-electron chi connectivity index (χ0n) is 8.32. The summed E-state index contributed by atoms with van der Waals surface area (Å²) in [5.41, 5.74) is 0. The van der Waals surface area contributed by atoms with Crippen LogP contribution in [0.15, 0.2) is 10.6 Å². The molecular weight excluding hydrogens is 180 g/mol. The summed E-state index contributed by atoms with van der Waals surface area (Å²) in [6, 6.07) is 0. The number of hydrogen-bond acceptors (Lipinski definition) is 4. The average molecular weight is 194 g/mol. The molecule has 1 saturated heterocycles. The minimum absolute atomic E-state index is 0.370. The first-order valence-electron chi connectivity index (χ1n) is 4.89. The summed E-state index contributed by atoms with van der Waals surface area (Å²) in [5, 5.41) is 0. The van der Waals surface area contributed by atoms with Crippen LogP contribution in [0.1, 0.15) is 24.5 Å². The van der Waals surface area contributed by atoms with Crippen molar-refractivity contribution < 1.29 is 9.21 Å². The highest BCUT2D eigenvalue weighted by Crippen LogP contribution is 2.11. The maximum absolute atomic E-state index is 11.0. The molecule has 0 radical (unpaired) electrons. The molecule has 0 N–H and O–H groups in total. The molecule has 0 saturated carbocycles. The minimum Gasteiger partial charge on any atom is -0.445 e. The molecule has 1 aromatic rings. The molecule has 0 spiro atoms. The normalized spacial score (nSPS) is 18.8. The number of rotatable bonds is 2. The third kappa shape index (κ3) is 2.20. The van der Waals surface area contributed by atoms with Gasteiger partial charge < -0.3 is 4.42 Å². The number of piperidine rings is 1. The number of likely N-dealkylation sites (tertiary alicyclic amines) is 1. The molecule has 0 aromatic carbocycles. The third-order valence-electron chi connectivity index (χ3n) is 2.46. The van der Waals surface area contributed by atoms with E-state index in [4.69, 9.17) is 4.42 Å². The van der Waals surface area contributed by atoms with Gasteiger partial charge in [0.15, 0.2) is 5.89 Å². The SMILES string of the molecule is Cc1ncc(CN2CCC(=O)CC2)o1. The van der Waals surface area contributed by atoms with Crippen molar-refractivity contribution in [2.45, 2.75) is 26.3 Å². The molecule has 76 valence electrons. The van der Waals surface area contributed by atoms with Gasteiger partial charge in [0.1, 0.15) is 11.5 Å². The van der Waals surface area contributed by atoms with Crippen molar-refractivity contribution in [1.29, 1.82) is 0 Å². The van der Waals surface area contributed by atoms with Crippen LogP contribution in [0.4, 0.5) is 0 Å². The van der Waals surface area contributed by atoms with Gasteiger partial charge in [-0.25, -0.2) is 4.98 Å². The molecule has 1 aliphatic rings. The monoisotopic (exact) mass is 194 g/mol. The summed E-state index contributed by atoms with van der Waals surface area (Å²) in [5.74, 6) is 1.96. The number of carbonyl (C=O) groups is 1. The van der Waals surface area contributed by atoms with Crippen molar-refractivity contribution in [2.24, 2.45) is 0 Å². The van der Waals surface area contributed by atoms with E-state index in [1.807, 2.05) is 6.92 Å². The number of carbonyl (C=O) groups excluding carboxylic acids is 1. The maximum Gasteiger partial charge on any atom is 0.191 e. The number of ketones is 1. The zero-order valence-corrected chi connectivity index (χ0v) is 8.32. The number of aryl methyl sites for hydroxylation is 1. The van der Waals surface area contributed by atoms with Crippen LogP contribution in [0, 0.1) is 6.92 Å². The summed E-state index contributed by atoms with van der Waals surface area (Å²) in [4.78, 5) is 17.3. The Balaban J connectivity index is 1.89. The predicted octanol–water partition coefficient (Wildman–Crippen LogP) is 1.15. The zero-order chi connectivity index (χ0) is 9.97. The van der Waals surface area contributed by atoms with Gasteiger partial charge in [-0.3, -0.25) is 9.69 Å². The molecule has 1 aromatic heterocycles. The van der Waals surface area contributed by atoms with E-state index in [2.05, 4.69) is 9.88 Å². The first-order chi connectivity index (χ1) is 6.74. The molecule has 2 rings (SSSR count). The molecule has 2 heterocycles. The Morgan fingerprint density at radius 3 is 2.79 bits per heavy atom. The molecule has 0 amide bonds. The molecule has 0 atom stereocenters. The van der Waals surface area contributed by atoms with Gasteiger partial charge in [-0.05, 0) is 0 Å². The smallest absolute Gasteiger partial charge is 0.191 e. The van der Waals surface area contributed by atoms with Crippen LogP contribution in [-0.2, 0) is 11.3 Å². The number of oxazole rings is 1. The molecule has 0 bridgehead atoms. The van der Waals surface area contributed by atoms with Gasteiger partial charge in [0.25, 0.3) is 0 Å². The van der Waals surface area contributed by atoms with Crippen LogP contribution in [0.5, 0.6) is 0 Å². The molecule has 1 fully saturated rings. The molecule has 4 nitrogen and oxygen atoms in total. The van der Waals surface area contributed by atoms with Gasteiger partial charge in [0, 0.05) is 32.9 Å². The van der Waals surface area contributed by atoms with Crippen LogP contribution in [0.25, 0.3) is 0 Å². The maximum atomic E-state index is 11.0. The van der Waals surface area contributed by atoms with Crippen LogP contribution >= 0.6 is 0 Å². The van der Waals surface area contributed by atoms with Crippen molar-refractivity contribution in [3.05, 3.63) is 17.8 Å². The number of aromatic nitrogens is 1. The molecule has 4 heteroatoms. The van der Waals surface area contributed by atoms with E-state index in [9.17, 15) is 4.79 Å². The summed E-state index contributed by atoms with van der Waals surface area (Å²) < 4.78 is 5.38. The first kappa shape index (κ1) is 9.40. The highest BCUT2D eigenvalue weighted by Gasteiger charge is 2.17. The van der Waals surface area contributed by atoms with E-state index in [0.717, 1.165) is 25.4 Å². The van der Waals surface area contributed by atoms with Crippen molar-refractivity contribution in [3.8, 4) is 0 Å². The molecule has 14 heavy (non-hydrogen) atoms. The van der Waals surface area contributed by atoms with Gasteiger partial charge in [-0.15, -0.1) is 0 Å². The van der Waals surface area contributed by atoms with E-state index in [0.29, 0.717) is 24.5 Å². The lowest BCUT2D eigenvalue weighted by molar-refractivity contribution is -0.121. The van der Waals surface area contributed by atoms with Crippen LogP contribution in [0.2, 0.25) is 0 Å². The van der Waals surface area contributed by atoms with E-state index < -0.39 is 0 Å². The Morgan fingerprint density at radius 1 is 1.50 bits per heavy atom.